The third-order valence-corrected chi connectivity index (χ3v) is 6.02. The molecule has 2 aliphatic rings. The van der Waals surface area contributed by atoms with Gasteiger partial charge < -0.3 is 9.47 Å². The second-order valence-electron chi connectivity index (χ2n) is 7.65. The summed E-state index contributed by atoms with van der Waals surface area (Å²) in [7, 11) is 0. The van der Waals surface area contributed by atoms with Gasteiger partial charge in [-0.3, -0.25) is 0 Å². The molecule has 1 aliphatic heterocycles. The first-order valence-electron chi connectivity index (χ1n) is 10.1. The van der Waals surface area contributed by atoms with Crippen LogP contribution in [0, 0.1) is 5.92 Å². The van der Waals surface area contributed by atoms with Crippen molar-refractivity contribution in [2.75, 3.05) is 13.2 Å². The minimum Gasteiger partial charge on any atom is -0.373 e. The molecule has 0 N–H and O–H groups in total. The quantitative estimate of drug-likeness (QED) is 0.635. The van der Waals surface area contributed by atoms with E-state index in [1.54, 1.807) is 0 Å². The fourth-order valence-electron chi connectivity index (χ4n) is 4.43. The summed E-state index contributed by atoms with van der Waals surface area (Å²) in [5.74, 6) is 1.64. The Morgan fingerprint density at radius 3 is 2.33 bits per heavy atom. The molecule has 1 saturated carbocycles. The Kier molecular flexibility index (Phi) is 6.74. The predicted molar refractivity (Wildman–Crippen MR) is 99.4 cm³/mol. The molecule has 2 nitrogen and oxygen atoms in total. The normalized spacial score (nSPS) is 31.1. The Morgan fingerprint density at radius 1 is 0.917 bits per heavy atom. The molecule has 0 amide bonds. The predicted octanol–water partition coefficient (Wildman–Crippen LogP) is 6.02. The molecule has 0 spiro atoms. The molecule has 2 heteroatoms. The second kappa shape index (κ2) is 9.01. The SMILES string of the molecule is CCCC[C@H]1CO[C@H](c2ccc([C@@H]3CCCC[C@H]3CC)cc2)CO1. The van der Waals surface area contributed by atoms with E-state index in [4.69, 9.17) is 9.47 Å². The molecule has 1 aromatic carbocycles. The van der Waals surface area contributed by atoms with Gasteiger partial charge in [-0.05, 0) is 42.2 Å². The van der Waals surface area contributed by atoms with E-state index in [-0.39, 0.29) is 6.10 Å². The summed E-state index contributed by atoms with van der Waals surface area (Å²) in [5.41, 5.74) is 2.80. The zero-order valence-electron chi connectivity index (χ0n) is 15.5. The number of ether oxygens (including phenoxy) is 2. The standard InChI is InChI=1S/C22H34O2/c1-3-5-9-20-15-24-22(16-23-20)19-13-11-18(12-14-19)21-10-7-6-8-17(21)4-2/h11-14,17,20-22H,3-10,15-16H2,1-2H3/t17-,20+,21-,22+/m1/s1. The van der Waals surface area contributed by atoms with Crippen LogP contribution in [0.15, 0.2) is 24.3 Å². The first kappa shape index (κ1) is 17.9. The molecular weight excluding hydrogens is 296 g/mol. The van der Waals surface area contributed by atoms with Crippen LogP contribution in [0.25, 0.3) is 0 Å². The number of hydrogen-bond donors (Lipinski definition) is 0. The highest BCUT2D eigenvalue weighted by atomic mass is 16.6. The minimum absolute atomic E-state index is 0.116. The summed E-state index contributed by atoms with van der Waals surface area (Å²) in [6.07, 6.45) is 10.9. The van der Waals surface area contributed by atoms with Gasteiger partial charge in [-0.15, -0.1) is 0 Å². The van der Waals surface area contributed by atoms with Crippen molar-refractivity contribution in [2.45, 2.75) is 83.3 Å². The van der Waals surface area contributed by atoms with Gasteiger partial charge in [-0.1, -0.05) is 70.2 Å². The van der Waals surface area contributed by atoms with Gasteiger partial charge in [0.25, 0.3) is 0 Å². The van der Waals surface area contributed by atoms with Crippen molar-refractivity contribution < 1.29 is 9.47 Å². The third kappa shape index (κ3) is 4.40. The number of benzene rings is 1. The van der Waals surface area contributed by atoms with E-state index >= 15 is 0 Å². The molecule has 134 valence electrons. The lowest BCUT2D eigenvalue weighted by atomic mass is 9.74. The Morgan fingerprint density at radius 2 is 1.67 bits per heavy atom. The largest absolute Gasteiger partial charge is 0.373 e. The Balaban J connectivity index is 1.57. The van der Waals surface area contributed by atoms with E-state index in [0.717, 1.165) is 24.9 Å². The lowest BCUT2D eigenvalue weighted by Crippen LogP contribution is -2.31. The summed E-state index contributed by atoms with van der Waals surface area (Å²) >= 11 is 0. The molecular formula is C22H34O2. The number of hydrogen-bond acceptors (Lipinski definition) is 2. The summed E-state index contributed by atoms with van der Waals surface area (Å²) in [5, 5.41) is 0. The maximum Gasteiger partial charge on any atom is 0.106 e. The van der Waals surface area contributed by atoms with Gasteiger partial charge in [0.15, 0.2) is 0 Å². The van der Waals surface area contributed by atoms with Crippen molar-refractivity contribution in [3.8, 4) is 0 Å². The maximum absolute atomic E-state index is 6.08. The molecule has 1 heterocycles. The zero-order valence-corrected chi connectivity index (χ0v) is 15.5. The fourth-order valence-corrected chi connectivity index (χ4v) is 4.43. The average Bonchev–Trinajstić information content (AvgIpc) is 2.67. The van der Waals surface area contributed by atoms with Crippen LogP contribution in [0.4, 0.5) is 0 Å². The molecule has 1 saturated heterocycles. The van der Waals surface area contributed by atoms with Crippen LogP contribution in [-0.4, -0.2) is 19.3 Å². The smallest absolute Gasteiger partial charge is 0.106 e. The van der Waals surface area contributed by atoms with Crippen molar-refractivity contribution in [1.29, 1.82) is 0 Å². The summed E-state index contributed by atoms with van der Waals surface area (Å²) in [6, 6.07) is 9.25. The first-order chi connectivity index (χ1) is 11.8. The monoisotopic (exact) mass is 330 g/mol. The molecule has 0 aromatic heterocycles. The van der Waals surface area contributed by atoms with Crippen LogP contribution in [0.1, 0.15) is 88.4 Å². The van der Waals surface area contributed by atoms with Crippen LogP contribution in [-0.2, 0) is 9.47 Å². The first-order valence-corrected chi connectivity index (χ1v) is 10.1. The van der Waals surface area contributed by atoms with Crippen LogP contribution >= 0.6 is 0 Å². The maximum atomic E-state index is 6.08. The minimum atomic E-state index is 0.116. The van der Waals surface area contributed by atoms with Crippen molar-refractivity contribution in [2.24, 2.45) is 5.92 Å². The molecule has 4 atom stereocenters. The molecule has 1 aliphatic carbocycles. The van der Waals surface area contributed by atoms with Gasteiger partial charge in [-0.25, -0.2) is 0 Å². The number of unbranched alkanes of at least 4 members (excludes halogenated alkanes) is 1. The van der Waals surface area contributed by atoms with Crippen LogP contribution in [0.5, 0.6) is 0 Å². The van der Waals surface area contributed by atoms with Crippen LogP contribution in [0.3, 0.4) is 0 Å². The van der Waals surface area contributed by atoms with Crippen LogP contribution < -0.4 is 0 Å². The Bertz CT molecular complexity index is 473. The summed E-state index contributed by atoms with van der Waals surface area (Å²) < 4.78 is 12.1. The lowest BCUT2D eigenvalue weighted by molar-refractivity contribution is -0.137. The van der Waals surface area contributed by atoms with E-state index in [1.165, 1.54) is 56.1 Å². The highest BCUT2D eigenvalue weighted by Gasteiger charge is 2.26. The third-order valence-electron chi connectivity index (χ3n) is 6.02. The molecule has 0 unspecified atom stereocenters. The fraction of sp³-hybridized carbons (Fsp3) is 0.727. The summed E-state index contributed by atoms with van der Waals surface area (Å²) in [4.78, 5) is 0. The van der Waals surface area contributed by atoms with E-state index in [2.05, 4.69) is 38.1 Å². The number of rotatable bonds is 6. The van der Waals surface area contributed by atoms with Crippen molar-refractivity contribution in [3.63, 3.8) is 0 Å². The molecule has 3 rings (SSSR count). The molecule has 0 bridgehead atoms. The van der Waals surface area contributed by atoms with Gasteiger partial charge in [0, 0.05) is 0 Å². The van der Waals surface area contributed by atoms with E-state index in [9.17, 15) is 0 Å². The molecule has 0 radical (unpaired) electrons. The van der Waals surface area contributed by atoms with Gasteiger partial charge >= 0.3 is 0 Å². The van der Waals surface area contributed by atoms with Crippen molar-refractivity contribution in [1.82, 2.24) is 0 Å². The van der Waals surface area contributed by atoms with Gasteiger partial charge in [-0.2, -0.15) is 0 Å². The molecule has 24 heavy (non-hydrogen) atoms. The highest BCUT2D eigenvalue weighted by molar-refractivity contribution is 5.28. The van der Waals surface area contributed by atoms with E-state index < -0.39 is 0 Å². The Labute approximate surface area is 147 Å². The highest BCUT2D eigenvalue weighted by Crippen LogP contribution is 2.39. The van der Waals surface area contributed by atoms with Gasteiger partial charge in [0.1, 0.15) is 6.10 Å². The van der Waals surface area contributed by atoms with Crippen molar-refractivity contribution >= 4 is 0 Å². The zero-order chi connectivity index (χ0) is 16.8. The van der Waals surface area contributed by atoms with Gasteiger partial charge in [0.2, 0.25) is 0 Å². The van der Waals surface area contributed by atoms with Crippen molar-refractivity contribution in [3.05, 3.63) is 35.4 Å². The topological polar surface area (TPSA) is 18.5 Å². The average molecular weight is 331 g/mol. The van der Waals surface area contributed by atoms with Crippen LogP contribution in [0.2, 0.25) is 0 Å². The lowest BCUT2D eigenvalue weighted by Gasteiger charge is -2.32. The summed E-state index contributed by atoms with van der Waals surface area (Å²) in [6.45, 7) is 6.02. The van der Waals surface area contributed by atoms with E-state index in [1.807, 2.05) is 0 Å². The Hall–Kier alpha value is -0.860. The molecule has 2 fully saturated rings. The van der Waals surface area contributed by atoms with E-state index in [0.29, 0.717) is 12.7 Å². The molecule has 1 aromatic rings. The second-order valence-corrected chi connectivity index (χ2v) is 7.65. The van der Waals surface area contributed by atoms with Gasteiger partial charge in [0.05, 0.1) is 19.3 Å².